The molecule has 3 nitrogen and oxygen atoms in total. The Morgan fingerprint density at radius 2 is 1.29 bits per heavy atom. The molecule has 4 rings (SSSR count). The first-order chi connectivity index (χ1) is 15.2. The Morgan fingerprint density at radius 1 is 0.710 bits per heavy atom. The molecule has 4 heteroatoms. The van der Waals surface area contributed by atoms with Crippen molar-refractivity contribution in [2.45, 2.75) is 12.3 Å². The molecule has 3 aromatic carbocycles. The maximum atomic E-state index is 5.42. The lowest BCUT2D eigenvalue weighted by molar-refractivity contribution is 0.414. The van der Waals surface area contributed by atoms with Crippen LogP contribution in [0, 0.1) is 6.92 Å². The number of anilines is 1. The quantitative estimate of drug-likeness (QED) is 0.346. The maximum absolute atomic E-state index is 5.42. The molecule has 1 heterocycles. The highest BCUT2D eigenvalue weighted by atomic mass is 32.1. The van der Waals surface area contributed by atoms with Crippen molar-refractivity contribution in [1.29, 1.82) is 0 Å². The molecule has 4 aromatic rings. The average molecular weight is 430 g/mol. The molecular formula is C27H27NO2S. The van der Waals surface area contributed by atoms with Crippen LogP contribution in [-0.4, -0.2) is 20.8 Å². The summed E-state index contributed by atoms with van der Waals surface area (Å²) in [7, 11) is 3.39. The lowest BCUT2D eigenvalue weighted by atomic mass is 9.73. The van der Waals surface area contributed by atoms with E-state index in [0.717, 1.165) is 23.7 Å². The fourth-order valence-electron chi connectivity index (χ4n) is 3.95. The standard InChI is InChI=1S/C27H27NO2S/c1-20-9-18-26(31-20)27(21-7-5-4-6-8-21,22-10-14-24(29-2)15-11-22)19-28-23-12-16-25(30-3)17-13-23/h4-18,28H,19H2,1-3H3. The Bertz CT molecular complexity index is 1100. The highest BCUT2D eigenvalue weighted by Gasteiger charge is 2.37. The van der Waals surface area contributed by atoms with Crippen LogP contribution in [0.5, 0.6) is 11.5 Å². The Balaban J connectivity index is 1.83. The number of nitrogens with one attached hydrogen (secondary N) is 1. The third kappa shape index (κ3) is 4.30. The van der Waals surface area contributed by atoms with E-state index in [9.17, 15) is 0 Å². The van der Waals surface area contributed by atoms with Crippen molar-refractivity contribution >= 4 is 17.0 Å². The maximum Gasteiger partial charge on any atom is 0.119 e. The molecular weight excluding hydrogens is 402 g/mol. The van der Waals surface area contributed by atoms with Crippen LogP contribution >= 0.6 is 11.3 Å². The normalized spacial score (nSPS) is 12.7. The number of hydrogen-bond donors (Lipinski definition) is 1. The summed E-state index contributed by atoms with van der Waals surface area (Å²) >= 11 is 1.84. The molecule has 1 unspecified atom stereocenters. The van der Waals surface area contributed by atoms with Gasteiger partial charge in [0.05, 0.1) is 19.6 Å². The zero-order valence-electron chi connectivity index (χ0n) is 18.1. The number of aryl methyl sites for hydroxylation is 1. The van der Waals surface area contributed by atoms with Crippen molar-refractivity contribution in [1.82, 2.24) is 0 Å². The van der Waals surface area contributed by atoms with Crippen LogP contribution in [0.3, 0.4) is 0 Å². The minimum atomic E-state index is -0.341. The van der Waals surface area contributed by atoms with Crippen LogP contribution < -0.4 is 14.8 Å². The van der Waals surface area contributed by atoms with Crippen LogP contribution in [0.15, 0.2) is 91.0 Å². The summed E-state index contributed by atoms with van der Waals surface area (Å²) in [6, 6.07) is 31.7. The van der Waals surface area contributed by atoms with Gasteiger partial charge in [0.25, 0.3) is 0 Å². The summed E-state index contributed by atoms with van der Waals surface area (Å²) in [5.74, 6) is 1.71. The van der Waals surface area contributed by atoms with E-state index < -0.39 is 0 Å². The molecule has 0 saturated carbocycles. The third-order valence-corrected chi connectivity index (χ3v) is 6.82. The number of thiophene rings is 1. The molecule has 0 spiro atoms. The Hall–Kier alpha value is -3.24. The van der Waals surface area contributed by atoms with Crippen molar-refractivity contribution < 1.29 is 9.47 Å². The number of benzene rings is 3. The van der Waals surface area contributed by atoms with Crippen molar-refractivity contribution in [2.24, 2.45) is 0 Å². The fraction of sp³-hybridized carbons (Fsp3) is 0.185. The van der Waals surface area contributed by atoms with Crippen molar-refractivity contribution in [2.75, 3.05) is 26.1 Å². The monoisotopic (exact) mass is 429 g/mol. The van der Waals surface area contributed by atoms with Crippen LogP contribution in [0.1, 0.15) is 20.9 Å². The van der Waals surface area contributed by atoms with Gasteiger partial charge in [-0.25, -0.2) is 0 Å². The summed E-state index contributed by atoms with van der Waals surface area (Å²) in [6.07, 6.45) is 0. The van der Waals surface area contributed by atoms with Gasteiger partial charge in [0, 0.05) is 22.0 Å². The molecule has 0 aliphatic heterocycles. The zero-order valence-corrected chi connectivity index (χ0v) is 18.9. The first kappa shape index (κ1) is 21.0. The number of rotatable bonds is 8. The van der Waals surface area contributed by atoms with Crippen LogP contribution in [0.25, 0.3) is 0 Å². The molecule has 0 amide bonds. The first-order valence-corrected chi connectivity index (χ1v) is 11.1. The van der Waals surface area contributed by atoms with E-state index in [1.54, 1.807) is 14.2 Å². The SMILES string of the molecule is COc1ccc(NCC(c2ccccc2)(c2ccc(OC)cc2)c2ccc(C)s2)cc1. The van der Waals surface area contributed by atoms with E-state index in [0.29, 0.717) is 0 Å². The largest absolute Gasteiger partial charge is 0.497 e. The van der Waals surface area contributed by atoms with E-state index in [1.807, 2.05) is 35.6 Å². The second kappa shape index (κ2) is 9.27. The lowest BCUT2D eigenvalue weighted by Gasteiger charge is -2.35. The highest BCUT2D eigenvalue weighted by Crippen LogP contribution is 2.43. The second-order valence-electron chi connectivity index (χ2n) is 7.49. The molecule has 1 atom stereocenters. The van der Waals surface area contributed by atoms with Gasteiger partial charge in [-0.3, -0.25) is 0 Å². The summed E-state index contributed by atoms with van der Waals surface area (Å²) in [6.45, 7) is 2.88. The molecule has 0 bridgehead atoms. The minimum Gasteiger partial charge on any atom is -0.497 e. The first-order valence-electron chi connectivity index (χ1n) is 10.3. The Labute approximate surface area is 188 Å². The predicted octanol–water partition coefficient (Wildman–Crippen LogP) is 6.52. The smallest absolute Gasteiger partial charge is 0.119 e. The second-order valence-corrected chi connectivity index (χ2v) is 8.78. The third-order valence-electron chi connectivity index (χ3n) is 5.66. The topological polar surface area (TPSA) is 30.5 Å². The van der Waals surface area contributed by atoms with Gasteiger partial charge >= 0.3 is 0 Å². The van der Waals surface area contributed by atoms with Crippen LogP contribution in [0.4, 0.5) is 5.69 Å². The Kier molecular flexibility index (Phi) is 6.28. The van der Waals surface area contributed by atoms with Crippen LogP contribution in [0.2, 0.25) is 0 Å². The van der Waals surface area contributed by atoms with Gasteiger partial charge < -0.3 is 14.8 Å². The summed E-state index contributed by atoms with van der Waals surface area (Å²) < 4.78 is 10.7. The van der Waals surface area contributed by atoms with E-state index in [1.165, 1.54) is 20.9 Å². The van der Waals surface area contributed by atoms with E-state index in [-0.39, 0.29) is 5.41 Å². The molecule has 0 aliphatic carbocycles. The summed E-state index contributed by atoms with van der Waals surface area (Å²) in [5, 5.41) is 3.69. The number of methoxy groups -OCH3 is 2. The molecule has 158 valence electrons. The molecule has 0 saturated heterocycles. The molecule has 0 aliphatic rings. The van der Waals surface area contributed by atoms with E-state index >= 15 is 0 Å². The summed E-state index contributed by atoms with van der Waals surface area (Å²) in [4.78, 5) is 2.61. The highest BCUT2D eigenvalue weighted by molar-refractivity contribution is 7.12. The van der Waals surface area contributed by atoms with Gasteiger partial charge in [-0.2, -0.15) is 0 Å². The molecule has 0 radical (unpaired) electrons. The predicted molar refractivity (Wildman–Crippen MR) is 130 cm³/mol. The van der Waals surface area contributed by atoms with Gasteiger partial charge in [0.2, 0.25) is 0 Å². The van der Waals surface area contributed by atoms with Gasteiger partial charge in [-0.15, -0.1) is 11.3 Å². The minimum absolute atomic E-state index is 0.341. The van der Waals surface area contributed by atoms with E-state index in [4.69, 9.17) is 9.47 Å². The van der Waals surface area contributed by atoms with E-state index in [2.05, 4.69) is 79.0 Å². The van der Waals surface area contributed by atoms with Crippen LogP contribution in [-0.2, 0) is 5.41 Å². The fourth-order valence-corrected chi connectivity index (χ4v) is 5.05. The zero-order chi connectivity index (χ0) is 21.7. The number of hydrogen-bond acceptors (Lipinski definition) is 4. The van der Waals surface area contributed by atoms with Gasteiger partial charge in [-0.05, 0) is 66.6 Å². The molecule has 1 N–H and O–H groups in total. The molecule has 1 aromatic heterocycles. The van der Waals surface area contributed by atoms with Crippen molar-refractivity contribution in [3.8, 4) is 11.5 Å². The van der Waals surface area contributed by atoms with Gasteiger partial charge in [-0.1, -0.05) is 42.5 Å². The summed E-state index contributed by atoms with van der Waals surface area (Å²) in [5.41, 5.74) is 3.19. The van der Waals surface area contributed by atoms with Gasteiger partial charge in [0.15, 0.2) is 0 Å². The number of ether oxygens (including phenoxy) is 2. The molecule has 31 heavy (non-hydrogen) atoms. The van der Waals surface area contributed by atoms with Crippen molar-refractivity contribution in [3.63, 3.8) is 0 Å². The average Bonchev–Trinajstić information content (AvgIpc) is 3.27. The van der Waals surface area contributed by atoms with Crippen molar-refractivity contribution in [3.05, 3.63) is 112 Å². The molecule has 0 fully saturated rings. The lowest BCUT2D eigenvalue weighted by Crippen LogP contribution is -2.36. The Morgan fingerprint density at radius 3 is 1.84 bits per heavy atom. The van der Waals surface area contributed by atoms with Gasteiger partial charge in [0.1, 0.15) is 11.5 Å².